The van der Waals surface area contributed by atoms with Gasteiger partial charge in [-0.15, -0.1) is 11.8 Å². The summed E-state index contributed by atoms with van der Waals surface area (Å²) >= 11 is 1.48. The number of fused-ring (bicyclic) bond motifs is 1. The van der Waals surface area contributed by atoms with E-state index in [0.29, 0.717) is 35.6 Å². The monoisotopic (exact) mass is 440 g/mol. The van der Waals surface area contributed by atoms with E-state index in [1.165, 1.54) is 23.9 Å². The lowest BCUT2D eigenvalue weighted by Gasteiger charge is -2.29. The first kappa shape index (κ1) is 21.6. The molecule has 2 aromatic rings. The molecule has 0 spiro atoms. The van der Waals surface area contributed by atoms with Crippen LogP contribution < -0.4 is 10.1 Å². The summed E-state index contributed by atoms with van der Waals surface area (Å²) in [4.78, 5) is 29.1. The minimum atomic E-state index is -0.274. The van der Waals surface area contributed by atoms with Gasteiger partial charge in [0.05, 0.1) is 23.3 Å². The fraction of sp³-hybridized carbons (Fsp3) is 0.375. The number of benzene rings is 2. The van der Waals surface area contributed by atoms with Gasteiger partial charge in [0.1, 0.15) is 11.6 Å². The Balaban J connectivity index is 1.16. The SMILES string of the molecule is O=C(CCSC1=Nc2ccccc2C(=O)C1)NC1CCC(Oc2ccc(F)cc2)CC1. The minimum absolute atomic E-state index is 0.0264. The molecule has 1 saturated carbocycles. The van der Waals surface area contributed by atoms with Gasteiger partial charge in [0.15, 0.2) is 5.78 Å². The van der Waals surface area contributed by atoms with Crippen LogP contribution in [0.4, 0.5) is 10.1 Å². The molecule has 31 heavy (non-hydrogen) atoms. The Kier molecular flexibility index (Phi) is 7.02. The molecule has 0 bridgehead atoms. The van der Waals surface area contributed by atoms with Gasteiger partial charge in [-0.25, -0.2) is 9.38 Å². The number of amides is 1. The molecule has 1 fully saturated rings. The van der Waals surface area contributed by atoms with Crippen LogP contribution in [0.5, 0.6) is 5.75 Å². The summed E-state index contributed by atoms with van der Waals surface area (Å²) in [5.41, 5.74) is 1.38. The number of para-hydroxylation sites is 1. The number of nitrogens with one attached hydrogen (secondary N) is 1. The lowest BCUT2D eigenvalue weighted by Crippen LogP contribution is -2.39. The molecule has 1 amide bonds. The molecule has 7 heteroatoms. The summed E-state index contributed by atoms with van der Waals surface area (Å²) < 4.78 is 18.9. The molecule has 0 unspecified atom stereocenters. The van der Waals surface area contributed by atoms with E-state index in [0.717, 1.165) is 30.7 Å². The summed E-state index contributed by atoms with van der Waals surface area (Å²) in [6.45, 7) is 0. The van der Waals surface area contributed by atoms with Crippen LogP contribution in [0.25, 0.3) is 0 Å². The summed E-state index contributed by atoms with van der Waals surface area (Å²) in [5, 5.41) is 3.88. The largest absolute Gasteiger partial charge is 0.490 e. The van der Waals surface area contributed by atoms with Crippen molar-refractivity contribution < 1.29 is 18.7 Å². The number of aliphatic imine (C=N–C) groups is 1. The summed E-state index contributed by atoms with van der Waals surface area (Å²) in [5.74, 6) is 1.11. The van der Waals surface area contributed by atoms with Gasteiger partial charge in [-0.05, 0) is 62.1 Å². The van der Waals surface area contributed by atoms with Crippen molar-refractivity contribution in [1.82, 2.24) is 5.32 Å². The zero-order valence-corrected chi connectivity index (χ0v) is 18.0. The third kappa shape index (κ3) is 5.94. The number of thioether (sulfide) groups is 1. The Labute approximate surface area is 185 Å². The van der Waals surface area contributed by atoms with Crippen molar-refractivity contribution in [3.63, 3.8) is 0 Å². The normalized spacial score (nSPS) is 20.5. The van der Waals surface area contributed by atoms with Crippen molar-refractivity contribution in [3.05, 3.63) is 59.9 Å². The highest BCUT2D eigenvalue weighted by molar-refractivity contribution is 8.14. The summed E-state index contributed by atoms with van der Waals surface area (Å²) in [6.07, 6.45) is 4.24. The first-order valence-corrected chi connectivity index (χ1v) is 11.6. The smallest absolute Gasteiger partial charge is 0.221 e. The zero-order chi connectivity index (χ0) is 21.6. The number of hydrogen-bond donors (Lipinski definition) is 1. The van der Waals surface area contributed by atoms with E-state index in [-0.39, 0.29) is 29.7 Å². The molecular weight excluding hydrogens is 415 g/mol. The van der Waals surface area contributed by atoms with Gasteiger partial charge < -0.3 is 10.1 Å². The van der Waals surface area contributed by atoms with Crippen molar-refractivity contribution in [2.75, 3.05) is 5.75 Å². The average Bonchev–Trinajstić information content (AvgIpc) is 2.77. The van der Waals surface area contributed by atoms with Gasteiger partial charge in [-0.3, -0.25) is 9.59 Å². The van der Waals surface area contributed by atoms with Crippen molar-refractivity contribution in [2.24, 2.45) is 4.99 Å². The molecule has 4 rings (SSSR count). The number of Topliss-reactive ketones (excluding diaryl/α,β-unsaturated/α-hetero) is 1. The van der Waals surface area contributed by atoms with E-state index in [2.05, 4.69) is 10.3 Å². The van der Waals surface area contributed by atoms with E-state index >= 15 is 0 Å². The van der Waals surface area contributed by atoms with Crippen LogP contribution >= 0.6 is 11.8 Å². The van der Waals surface area contributed by atoms with Gasteiger partial charge in [0, 0.05) is 23.8 Å². The molecule has 2 aliphatic rings. The number of nitrogens with zero attached hydrogens (tertiary/aromatic N) is 1. The Morgan fingerprint density at radius 2 is 1.84 bits per heavy atom. The van der Waals surface area contributed by atoms with E-state index in [9.17, 15) is 14.0 Å². The second-order valence-corrected chi connectivity index (χ2v) is 9.00. The van der Waals surface area contributed by atoms with Crippen LogP contribution in [0.2, 0.25) is 0 Å². The molecule has 0 radical (unpaired) electrons. The van der Waals surface area contributed by atoms with Crippen LogP contribution in [0.3, 0.4) is 0 Å². The van der Waals surface area contributed by atoms with Gasteiger partial charge in [0.2, 0.25) is 5.91 Å². The first-order chi connectivity index (χ1) is 15.1. The van der Waals surface area contributed by atoms with Crippen LogP contribution in [0, 0.1) is 5.82 Å². The van der Waals surface area contributed by atoms with Crippen molar-refractivity contribution >= 4 is 34.2 Å². The molecule has 1 aliphatic carbocycles. The maximum absolute atomic E-state index is 13.0. The number of ketones is 1. The molecule has 1 N–H and O–H groups in total. The van der Waals surface area contributed by atoms with E-state index < -0.39 is 0 Å². The number of carbonyl (C=O) groups excluding carboxylic acids is 2. The number of carbonyl (C=O) groups is 2. The Bertz CT molecular complexity index is 969. The Morgan fingerprint density at radius 1 is 1.10 bits per heavy atom. The molecule has 1 aliphatic heterocycles. The fourth-order valence-corrected chi connectivity index (χ4v) is 4.81. The van der Waals surface area contributed by atoms with Crippen molar-refractivity contribution in [2.45, 2.75) is 50.7 Å². The predicted molar refractivity (Wildman–Crippen MR) is 121 cm³/mol. The van der Waals surface area contributed by atoms with E-state index in [1.54, 1.807) is 18.2 Å². The predicted octanol–water partition coefficient (Wildman–Crippen LogP) is 5.07. The van der Waals surface area contributed by atoms with Gasteiger partial charge >= 0.3 is 0 Å². The topological polar surface area (TPSA) is 67.8 Å². The number of hydrogen-bond acceptors (Lipinski definition) is 5. The molecule has 0 saturated heterocycles. The molecule has 162 valence electrons. The third-order valence-electron chi connectivity index (χ3n) is 5.51. The quantitative estimate of drug-likeness (QED) is 0.681. The molecular formula is C24H25FN2O3S. The number of ether oxygens (including phenoxy) is 1. The highest BCUT2D eigenvalue weighted by Gasteiger charge is 2.24. The molecule has 5 nitrogen and oxygen atoms in total. The summed E-state index contributed by atoms with van der Waals surface area (Å²) in [6, 6.07) is 13.6. The van der Waals surface area contributed by atoms with Crippen LogP contribution in [0.15, 0.2) is 53.5 Å². The maximum atomic E-state index is 13.0. The molecule has 1 heterocycles. The van der Waals surface area contributed by atoms with Crippen molar-refractivity contribution in [1.29, 1.82) is 0 Å². The van der Waals surface area contributed by atoms with E-state index in [4.69, 9.17) is 4.74 Å². The molecule has 0 aromatic heterocycles. The highest BCUT2D eigenvalue weighted by Crippen LogP contribution is 2.29. The number of halogens is 1. The lowest BCUT2D eigenvalue weighted by atomic mass is 9.93. The lowest BCUT2D eigenvalue weighted by molar-refractivity contribution is -0.121. The third-order valence-corrected chi connectivity index (χ3v) is 6.49. The van der Waals surface area contributed by atoms with Crippen LogP contribution in [-0.2, 0) is 4.79 Å². The number of rotatable bonds is 6. The van der Waals surface area contributed by atoms with E-state index in [1.807, 2.05) is 18.2 Å². The van der Waals surface area contributed by atoms with Gasteiger partial charge in [-0.1, -0.05) is 12.1 Å². The average molecular weight is 441 g/mol. The zero-order valence-electron chi connectivity index (χ0n) is 17.2. The molecule has 2 aromatic carbocycles. The van der Waals surface area contributed by atoms with Gasteiger partial charge in [-0.2, -0.15) is 0 Å². The Morgan fingerprint density at radius 3 is 2.61 bits per heavy atom. The summed E-state index contributed by atoms with van der Waals surface area (Å²) in [7, 11) is 0. The highest BCUT2D eigenvalue weighted by atomic mass is 32.2. The minimum Gasteiger partial charge on any atom is -0.490 e. The second kappa shape index (κ2) is 10.1. The standard InChI is InChI=1S/C24H25FN2O3S/c25-16-5-9-18(10-6-16)30-19-11-7-17(8-12-19)26-23(29)13-14-31-24-15-22(28)20-3-1-2-4-21(20)27-24/h1-6,9-10,17,19H,7-8,11-15H2,(H,26,29). The first-order valence-electron chi connectivity index (χ1n) is 10.6. The van der Waals surface area contributed by atoms with Crippen molar-refractivity contribution in [3.8, 4) is 5.75 Å². The fourth-order valence-electron chi connectivity index (χ4n) is 3.89. The Hall–Kier alpha value is -2.67. The second-order valence-electron chi connectivity index (χ2n) is 7.83. The van der Waals surface area contributed by atoms with Crippen LogP contribution in [0.1, 0.15) is 48.9 Å². The van der Waals surface area contributed by atoms with Gasteiger partial charge in [0.25, 0.3) is 0 Å². The molecule has 0 atom stereocenters. The maximum Gasteiger partial charge on any atom is 0.221 e. The van der Waals surface area contributed by atoms with Crippen LogP contribution in [-0.4, -0.2) is 34.6 Å².